The first-order chi connectivity index (χ1) is 16.7. The second kappa shape index (κ2) is 12.1. The standard InChI is InChI=1S/C26H31N5O3/c32-24-13-12-21(20-8-3-1-4-9-20)14-16-28-25(33)19-31(17-7-15-27-24)18-23-29-26(34-30-23)22-10-5-2-6-11-22/h1-6,8-11,21H,7,12-19H2,(H,27,32)(H,28,33). The average Bonchev–Trinajstić information content (AvgIpc) is 3.33. The molecule has 178 valence electrons. The van der Waals surface area contributed by atoms with Gasteiger partial charge in [-0.05, 0) is 42.9 Å². The first-order valence-corrected chi connectivity index (χ1v) is 11.9. The number of nitrogens with one attached hydrogen (secondary N) is 2. The van der Waals surface area contributed by atoms with Crippen LogP contribution in [0.3, 0.4) is 0 Å². The van der Waals surface area contributed by atoms with Gasteiger partial charge in [-0.2, -0.15) is 4.98 Å². The van der Waals surface area contributed by atoms with Crippen LogP contribution in [0.15, 0.2) is 65.2 Å². The Labute approximate surface area is 199 Å². The van der Waals surface area contributed by atoms with Crippen LogP contribution in [0.4, 0.5) is 0 Å². The van der Waals surface area contributed by atoms with Crippen molar-refractivity contribution in [3.05, 3.63) is 72.1 Å². The molecule has 0 radical (unpaired) electrons. The van der Waals surface area contributed by atoms with Crippen LogP contribution in [0.25, 0.3) is 11.5 Å². The van der Waals surface area contributed by atoms with Gasteiger partial charge in [0.1, 0.15) is 0 Å². The van der Waals surface area contributed by atoms with Gasteiger partial charge in [-0.1, -0.05) is 53.7 Å². The van der Waals surface area contributed by atoms with Crippen LogP contribution >= 0.6 is 0 Å². The fourth-order valence-corrected chi connectivity index (χ4v) is 4.20. The fraction of sp³-hybridized carbons (Fsp3) is 0.385. The fourth-order valence-electron chi connectivity index (χ4n) is 4.20. The molecule has 4 rings (SSSR count). The molecule has 34 heavy (non-hydrogen) atoms. The second-order valence-corrected chi connectivity index (χ2v) is 8.58. The summed E-state index contributed by atoms with van der Waals surface area (Å²) in [6, 6.07) is 19.8. The lowest BCUT2D eigenvalue weighted by Gasteiger charge is -2.22. The van der Waals surface area contributed by atoms with E-state index in [4.69, 9.17) is 4.52 Å². The average molecular weight is 462 g/mol. The third kappa shape index (κ3) is 6.99. The first kappa shape index (κ1) is 23.6. The lowest BCUT2D eigenvalue weighted by molar-refractivity contribution is -0.123. The van der Waals surface area contributed by atoms with E-state index in [0.29, 0.717) is 44.3 Å². The third-order valence-corrected chi connectivity index (χ3v) is 6.00. The highest BCUT2D eigenvalue weighted by Crippen LogP contribution is 2.24. The molecule has 0 aliphatic carbocycles. The molecule has 1 aliphatic rings. The highest BCUT2D eigenvalue weighted by Gasteiger charge is 2.18. The lowest BCUT2D eigenvalue weighted by atomic mass is 9.91. The molecule has 0 saturated carbocycles. The summed E-state index contributed by atoms with van der Waals surface area (Å²) in [6.07, 6.45) is 2.75. The Balaban J connectivity index is 1.39. The molecule has 2 N–H and O–H groups in total. The minimum atomic E-state index is -0.0281. The number of hydrogen-bond donors (Lipinski definition) is 2. The second-order valence-electron chi connectivity index (χ2n) is 8.58. The molecule has 1 saturated heterocycles. The van der Waals surface area contributed by atoms with Crippen LogP contribution in [-0.2, 0) is 16.1 Å². The molecule has 0 spiro atoms. The molecule has 3 aromatic rings. The van der Waals surface area contributed by atoms with Gasteiger partial charge in [-0.25, -0.2) is 0 Å². The highest BCUT2D eigenvalue weighted by molar-refractivity contribution is 5.78. The molecular weight excluding hydrogens is 430 g/mol. The van der Waals surface area contributed by atoms with E-state index < -0.39 is 0 Å². The number of carbonyl (C=O) groups is 2. The summed E-state index contributed by atoms with van der Waals surface area (Å²) in [5.74, 6) is 1.25. The zero-order chi connectivity index (χ0) is 23.6. The van der Waals surface area contributed by atoms with Gasteiger partial charge in [-0.15, -0.1) is 0 Å². The van der Waals surface area contributed by atoms with Crippen LogP contribution in [0, 0.1) is 0 Å². The molecule has 2 amide bonds. The van der Waals surface area contributed by atoms with Crippen molar-refractivity contribution in [1.29, 1.82) is 0 Å². The van der Waals surface area contributed by atoms with E-state index in [-0.39, 0.29) is 24.3 Å². The van der Waals surface area contributed by atoms with Crippen LogP contribution in [-0.4, -0.2) is 53.0 Å². The number of aromatic nitrogens is 2. The quantitative estimate of drug-likeness (QED) is 0.619. The highest BCUT2D eigenvalue weighted by atomic mass is 16.5. The monoisotopic (exact) mass is 461 g/mol. The number of hydrogen-bond acceptors (Lipinski definition) is 6. The molecule has 1 unspecified atom stereocenters. The van der Waals surface area contributed by atoms with Crippen molar-refractivity contribution in [1.82, 2.24) is 25.7 Å². The Morgan fingerprint density at radius 2 is 1.65 bits per heavy atom. The van der Waals surface area contributed by atoms with Crippen molar-refractivity contribution in [2.75, 3.05) is 26.2 Å². The van der Waals surface area contributed by atoms with Crippen LogP contribution in [0.2, 0.25) is 0 Å². The Hall–Kier alpha value is -3.52. The van der Waals surface area contributed by atoms with Gasteiger partial charge >= 0.3 is 0 Å². The summed E-state index contributed by atoms with van der Waals surface area (Å²) in [6.45, 7) is 2.39. The number of amides is 2. The van der Waals surface area contributed by atoms with Crippen LogP contribution in [0.5, 0.6) is 0 Å². The maximum Gasteiger partial charge on any atom is 0.257 e. The largest absolute Gasteiger partial charge is 0.356 e. The van der Waals surface area contributed by atoms with Gasteiger partial charge < -0.3 is 15.2 Å². The van der Waals surface area contributed by atoms with Crippen LogP contribution < -0.4 is 10.6 Å². The summed E-state index contributed by atoms with van der Waals surface area (Å²) in [5.41, 5.74) is 2.06. The minimum Gasteiger partial charge on any atom is -0.356 e. The summed E-state index contributed by atoms with van der Waals surface area (Å²) >= 11 is 0. The summed E-state index contributed by atoms with van der Waals surface area (Å²) in [5, 5.41) is 10.2. The third-order valence-electron chi connectivity index (χ3n) is 6.00. The molecule has 1 aromatic heterocycles. The molecule has 2 heterocycles. The van der Waals surface area contributed by atoms with Crippen molar-refractivity contribution >= 4 is 11.8 Å². The molecule has 1 fully saturated rings. The van der Waals surface area contributed by atoms with E-state index in [0.717, 1.165) is 24.8 Å². The summed E-state index contributed by atoms with van der Waals surface area (Å²) in [7, 11) is 0. The van der Waals surface area contributed by atoms with Gasteiger partial charge in [-0.3, -0.25) is 14.5 Å². The molecular formula is C26H31N5O3. The number of benzene rings is 2. The van der Waals surface area contributed by atoms with E-state index in [1.807, 2.05) is 53.4 Å². The number of rotatable bonds is 4. The van der Waals surface area contributed by atoms with Crippen molar-refractivity contribution in [3.63, 3.8) is 0 Å². The van der Waals surface area contributed by atoms with Crippen molar-refractivity contribution in [2.45, 2.75) is 38.1 Å². The van der Waals surface area contributed by atoms with E-state index >= 15 is 0 Å². The van der Waals surface area contributed by atoms with E-state index in [1.165, 1.54) is 5.56 Å². The van der Waals surface area contributed by atoms with Gasteiger partial charge in [0.15, 0.2) is 5.82 Å². The molecule has 1 aliphatic heterocycles. The van der Waals surface area contributed by atoms with E-state index in [1.54, 1.807) is 0 Å². The molecule has 0 bridgehead atoms. The molecule has 8 heteroatoms. The zero-order valence-corrected chi connectivity index (χ0v) is 19.3. The van der Waals surface area contributed by atoms with E-state index in [2.05, 4.69) is 32.9 Å². The zero-order valence-electron chi connectivity index (χ0n) is 19.3. The molecule has 1 atom stereocenters. The van der Waals surface area contributed by atoms with Gasteiger partial charge in [0.25, 0.3) is 5.89 Å². The Bertz CT molecular complexity index is 1050. The Morgan fingerprint density at radius 3 is 2.44 bits per heavy atom. The van der Waals surface area contributed by atoms with Crippen molar-refractivity contribution in [2.24, 2.45) is 0 Å². The summed E-state index contributed by atoms with van der Waals surface area (Å²) < 4.78 is 5.41. The maximum atomic E-state index is 12.7. The lowest BCUT2D eigenvalue weighted by Crippen LogP contribution is -2.39. The van der Waals surface area contributed by atoms with Gasteiger partial charge in [0.2, 0.25) is 11.8 Å². The first-order valence-electron chi connectivity index (χ1n) is 11.9. The smallest absolute Gasteiger partial charge is 0.257 e. The summed E-state index contributed by atoms with van der Waals surface area (Å²) in [4.78, 5) is 31.5. The SMILES string of the molecule is O=C1CCC(c2ccccc2)CCNC(=O)CN(Cc2noc(-c3ccccc3)n2)CCCN1. The predicted octanol–water partition coefficient (Wildman–Crippen LogP) is 3.13. The Morgan fingerprint density at radius 1 is 0.912 bits per heavy atom. The topological polar surface area (TPSA) is 100 Å². The van der Waals surface area contributed by atoms with Gasteiger partial charge in [0.05, 0.1) is 13.1 Å². The number of nitrogens with zero attached hydrogens (tertiary/aromatic N) is 3. The van der Waals surface area contributed by atoms with E-state index in [9.17, 15) is 9.59 Å². The molecule has 8 nitrogen and oxygen atoms in total. The Kier molecular flexibility index (Phi) is 8.40. The predicted molar refractivity (Wildman–Crippen MR) is 129 cm³/mol. The molecule has 2 aromatic carbocycles. The maximum absolute atomic E-state index is 12.7. The minimum absolute atomic E-state index is 0.0281. The number of carbonyl (C=O) groups excluding carboxylic acids is 2. The van der Waals surface area contributed by atoms with Crippen molar-refractivity contribution in [3.8, 4) is 11.5 Å². The normalized spacial score (nSPS) is 19.1. The van der Waals surface area contributed by atoms with Crippen molar-refractivity contribution < 1.29 is 14.1 Å². The van der Waals surface area contributed by atoms with Gasteiger partial charge in [0, 0.05) is 31.6 Å². The van der Waals surface area contributed by atoms with Crippen LogP contribution in [0.1, 0.15) is 43.0 Å².